The fourth-order valence-electron chi connectivity index (χ4n) is 1.71. The average Bonchev–Trinajstić information content (AvgIpc) is 2.08. The predicted molar refractivity (Wildman–Crippen MR) is 49.7 cm³/mol. The third-order valence-corrected chi connectivity index (χ3v) is 2.75. The normalized spacial score (nSPS) is 36.8. The molecule has 0 spiro atoms. The van der Waals surface area contributed by atoms with Crippen molar-refractivity contribution in [2.45, 2.75) is 43.8 Å². The highest BCUT2D eigenvalue weighted by molar-refractivity contribution is 6.20. The van der Waals surface area contributed by atoms with Crippen LogP contribution in [0.2, 0.25) is 0 Å². The molecule has 0 aromatic carbocycles. The van der Waals surface area contributed by atoms with Crippen molar-refractivity contribution in [2.75, 3.05) is 13.7 Å². The van der Waals surface area contributed by atoms with E-state index < -0.39 is 0 Å². The molecule has 0 aliphatic heterocycles. The van der Waals surface area contributed by atoms with E-state index in [1.807, 2.05) is 6.92 Å². The summed E-state index contributed by atoms with van der Waals surface area (Å²) in [5.41, 5.74) is 0. The number of hydrogen-bond donors (Lipinski definition) is 0. The zero-order chi connectivity index (χ0) is 8.97. The van der Waals surface area contributed by atoms with E-state index in [-0.39, 0.29) is 17.6 Å². The van der Waals surface area contributed by atoms with Gasteiger partial charge in [-0.2, -0.15) is 0 Å². The monoisotopic (exact) mass is 192 g/mol. The average molecular weight is 193 g/mol. The molecule has 3 atom stereocenters. The van der Waals surface area contributed by atoms with Crippen molar-refractivity contribution in [1.82, 2.24) is 0 Å². The zero-order valence-corrected chi connectivity index (χ0v) is 8.51. The number of alkyl halides is 1. The molecule has 0 amide bonds. The summed E-state index contributed by atoms with van der Waals surface area (Å²) in [5, 5.41) is 0.270. The van der Waals surface area contributed by atoms with Gasteiger partial charge in [0.25, 0.3) is 0 Å². The molecule has 0 aromatic heterocycles. The number of ether oxygens (including phenoxy) is 2. The Morgan fingerprint density at radius 3 is 2.67 bits per heavy atom. The molecule has 1 rings (SSSR count). The lowest BCUT2D eigenvalue weighted by molar-refractivity contribution is -0.0719. The van der Waals surface area contributed by atoms with E-state index in [4.69, 9.17) is 21.1 Å². The summed E-state index contributed by atoms with van der Waals surface area (Å²) in [4.78, 5) is 0. The van der Waals surface area contributed by atoms with Gasteiger partial charge in [0.15, 0.2) is 0 Å². The standard InChI is InChI=1S/C9H17ClO2/c1-3-12-8-5-4-7(10)6-9(8)11-2/h7-9H,3-6H2,1-2H3. The van der Waals surface area contributed by atoms with Crippen molar-refractivity contribution in [3.63, 3.8) is 0 Å². The Balaban J connectivity index is 2.39. The van der Waals surface area contributed by atoms with Gasteiger partial charge >= 0.3 is 0 Å². The minimum absolute atomic E-state index is 0.196. The van der Waals surface area contributed by atoms with Gasteiger partial charge in [-0.3, -0.25) is 0 Å². The molecule has 0 saturated heterocycles. The Morgan fingerprint density at radius 2 is 2.08 bits per heavy atom. The topological polar surface area (TPSA) is 18.5 Å². The van der Waals surface area contributed by atoms with E-state index in [1.54, 1.807) is 7.11 Å². The van der Waals surface area contributed by atoms with Crippen LogP contribution in [0.5, 0.6) is 0 Å². The molecule has 1 fully saturated rings. The van der Waals surface area contributed by atoms with Crippen LogP contribution in [0.4, 0.5) is 0 Å². The second-order valence-electron chi connectivity index (χ2n) is 3.18. The minimum Gasteiger partial charge on any atom is -0.379 e. The maximum Gasteiger partial charge on any atom is 0.0846 e. The van der Waals surface area contributed by atoms with Gasteiger partial charge < -0.3 is 9.47 Å². The van der Waals surface area contributed by atoms with Crippen LogP contribution in [0.15, 0.2) is 0 Å². The lowest BCUT2D eigenvalue weighted by Crippen LogP contribution is -2.37. The second kappa shape index (κ2) is 5.05. The van der Waals surface area contributed by atoms with E-state index in [2.05, 4.69) is 0 Å². The maximum absolute atomic E-state index is 6.02. The van der Waals surface area contributed by atoms with Gasteiger partial charge in [0.1, 0.15) is 0 Å². The van der Waals surface area contributed by atoms with Gasteiger partial charge in [-0.25, -0.2) is 0 Å². The Labute approximate surface area is 79.2 Å². The molecule has 0 aromatic rings. The summed E-state index contributed by atoms with van der Waals surface area (Å²) < 4.78 is 10.9. The van der Waals surface area contributed by atoms with Crippen molar-refractivity contribution in [1.29, 1.82) is 0 Å². The molecule has 2 nitrogen and oxygen atoms in total. The second-order valence-corrected chi connectivity index (χ2v) is 3.80. The van der Waals surface area contributed by atoms with E-state index in [0.717, 1.165) is 25.9 Å². The Morgan fingerprint density at radius 1 is 1.33 bits per heavy atom. The Kier molecular flexibility index (Phi) is 4.33. The maximum atomic E-state index is 6.02. The third-order valence-electron chi connectivity index (χ3n) is 2.35. The molecular weight excluding hydrogens is 176 g/mol. The van der Waals surface area contributed by atoms with Crippen molar-refractivity contribution in [3.05, 3.63) is 0 Å². The molecule has 72 valence electrons. The van der Waals surface area contributed by atoms with Crippen LogP contribution in [0.3, 0.4) is 0 Å². The van der Waals surface area contributed by atoms with Crippen LogP contribution in [0.1, 0.15) is 26.2 Å². The summed E-state index contributed by atoms with van der Waals surface area (Å²) in [7, 11) is 1.73. The van der Waals surface area contributed by atoms with Crippen LogP contribution in [0, 0.1) is 0 Å². The number of rotatable bonds is 3. The fourth-order valence-corrected chi connectivity index (χ4v) is 2.01. The minimum atomic E-state index is 0.196. The van der Waals surface area contributed by atoms with Gasteiger partial charge in [-0.05, 0) is 26.2 Å². The predicted octanol–water partition coefficient (Wildman–Crippen LogP) is 2.20. The lowest BCUT2D eigenvalue weighted by Gasteiger charge is -2.32. The third kappa shape index (κ3) is 2.61. The zero-order valence-electron chi connectivity index (χ0n) is 7.75. The lowest BCUT2D eigenvalue weighted by atomic mass is 9.94. The molecule has 3 unspecified atom stereocenters. The van der Waals surface area contributed by atoms with Crippen LogP contribution in [-0.4, -0.2) is 31.3 Å². The van der Waals surface area contributed by atoms with Gasteiger partial charge in [-0.15, -0.1) is 11.6 Å². The molecule has 1 aliphatic carbocycles. The first-order chi connectivity index (χ1) is 5.77. The molecule has 0 N–H and O–H groups in total. The number of methoxy groups -OCH3 is 1. The summed E-state index contributed by atoms with van der Waals surface area (Å²) in [6.45, 7) is 2.77. The van der Waals surface area contributed by atoms with Gasteiger partial charge in [0.05, 0.1) is 12.2 Å². The molecule has 12 heavy (non-hydrogen) atoms. The number of hydrogen-bond acceptors (Lipinski definition) is 2. The van der Waals surface area contributed by atoms with Crippen LogP contribution < -0.4 is 0 Å². The highest BCUT2D eigenvalue weighted by atomic mass is 35.5. The SMILES string of the molecule is CCOC1CCC(Cl)CC1OC. The van der Waals surface area contributed by atoms with Crippen LogP contribution in [-0.2, 0) is 9.47 Å². The fraction of sp³-hybridized carbons (Fsp3) is 1.00. The molecule has 0 radical (unpaired) electrons. The largest absolute Gasteiger partial charge is 0.379 e. The quantitative estimate of drug-likeness (QED) is 0.639. The van der Waals surface area contributed by atoms with Crippen molar-refractivity contribution in [2.24, 2.45) is 0 Å². The van der Waals surface area contributed by atoms with E-state index >= 15 is 0 Å². The van der Waals surface area contributed by atoms with Crippen LogP contribution >= 0.6 is 11.6 Å². The molecule has 3 heteroatoms. The summed E-state index contributed by atoms with van der Waals surface area (Å²) >= 11 is 6.02. The highest BCUT2D eigenvalue weighted by Crippen LogP contribution is 2.27. The molecule has 1 saturated carbocycles. The molecular formula is C9H17ClO2. The highest BCUT2D eigenvalue weighted by Gasteiger charge is 2.29. The van der Waals surface area contributed by atoms with Crippen molar-refractivity contribution in [3.8, 4) is 0 Å². The van der Waals surface area contributed by atoms with Gasteiger partial charge in [0, 0.05) is 19.1 Å². The summed E-state index contributed by atoms with van der Waals surface area (Å²) in [6.07, 6.45) is 3.45. The molecule has 0 bridgehead atoms. The van der Waals surface area contributed by atoms with Gasteiger partial charge in [0.2, 0.25) is 0 Å². The first-order valence-electron chi connectivity index (χ1n) is 4.56. The first-order valence-corrected chi connectivity index (χ1v) is 5.00. The van der Waals surface area contributed by atoms with E-state index in [9.17, 15) is 0 Å². The molecule has 0 heterocycles. The smallest absolute Gasteiger partial charge is 0.0846 e. The molecule has 1 aliphatic rings. The Bertz CT molecular complexity index is 130. The Hall–Kier alpha value is 0.210. The van der Waals surface area contributed by atoms with Crippen LogP contribution in [0.25, 0.3) is 0 Å². The first kappa shape index (κ1) is 10.3. The number of halogens is 1. The van der Waals surface area contributed by atoms with E-state index in [0.29, 0.717) is 0 Å². The van der Waals surface area contributed by atoms with Crippen molar-refractivity contribution < 1.29 is 9.47 Å². The van der Waals surface area contributed by atoms with Gasteiger partial charge in [-0.1, -0.05) is 0 Å². The summed E-state index contributed by atoms with van der Waals surface area (Å²) in [6, 6.07) is 0. The van der Waals surface area contributed by atoms with E-state index in [1.165, 1.54) is 0 Å². The summed E-state index contributed by atoms with van der Waals surface area (Å²) in [5.74, 6) is 0. The van der Waals surface area contributed by atoms with Crippen molar-refractivity contribution >= 4 is 11.6 Å².